The third kappa shape index (κ3) is 10.9. The number of carbonyl (C=O) groups is 2. The largest absolute Gasteiger partial charge is 0.481 e. The van der Waals surface area contributed by atoms with Gasteiger partial charge >= 0.3 is 11.9 Å². The number of aliphatic hydroxyl groups is 1. The van der Waals surface area contributed by atoms with E-state index in [0.717, 1.165) is 0 Å². The van der Waals surface area contributed by atoms with Crippen LogP contribution in [0, 0.1) is 11.8 Å². The Bertz CT molecular complexity index is 164. The number of aliphatic carboxylic acids is 2. The van der Waals surface area contributed by atoms with Gasteiger partial charge in [-0.05, 0) is 6.92 Å². The molecule has 5 nitrogen and oxygen atoms in total. The Kier molecular flexibility index (Phi) is 8.37. The van der Waals surface area contributed by atoms with Crippen molar-refractivity contribution in [3.8, 4) is 0 Å². The summed E-state index contributed by atoms with van der Waals surface area (Å²) < 4.78 is 0. The topological polar surface area (TPSA) is 94.8 Å². The molecule has 1 unspecified atom stereocenters. The Balaban J connectivity index is 0. The lowest BCUT2D eigenvalue weighted by Gasteiger charge is -1.95. The molecule has 0 aliphatic heterocycles. The van der Waals surface area contributed by atoms with Gasteiger partial charge in [0.15, 0.2) is 0 Å². The molecule has 0 saturated heterocycles. The number of aliphatic hydroxyl groups excluding tert-OH is 1. The third-order valence-electron chi connectivity index (χ3n) is 1.19. The van der Waals surface area contributed by atoms with Gasteiger partial charge in [0.25, 0.3) is 0 Å². The van der Waals surface area contributed by atoms with Crippen molar-refractivity contribution in [3.63, 3.8) is 0 Å². The SMILES string of the molecule is CC(C)C(=O)O.CC(CO)C(=O)O. The number of carboxylic acid groups (broad SMARTS) is 2. The monoisotopic (exact) mass is 192 g/mol. The van der Waals surface area contributed by atoms with Crippen LogP contribution in [0.2, 0.25) is 0 Å². The van der Waals surface area contributed by atoms with Crippen LogP contribution in [0.5, 0.6) is 0 Å². The Morgan fingerprint density at radius 2 is 1.38 bits per heavy atom. The first kappa shape index (κ1) is 14.4. The molecule has 0 fully saturated rings. The summed E-state index contributed by atoms with van der Waals surface area (Å²) in [4.78, 5) is 19.5. The minimum Gasteiger partial charge on any atom is -0.481 e. The molecule has 0 saturated carbocycles. The molecule has 3 N–H and O–H groups in total. The molecule has 0 amide bonds. The number of carboxylic acids is 2. The van der Waals surface area contributed by atoms with Crippen LogP contribution in [-0.4, -0.2) is 33.9 Å². The lowest BCUT2D eigenvalue weighted by molar-refractivity contribution is -0.142. The second-order valence-corrected chi connectivity index (χ2v) is 2.91. The van der Waals surface area contributed by atoms with Crippen LogP contribution < -0.4 is 0 Å². The van der Waals surface area contributed by atoms with Crippen LogP contribution in [0.15, 0.2) is 0 Å². The molecule has 13 heavy (non-hydrogen) atoms. The fraction of sp³-hybridized carbons (Fsp3) is 0.750. The number of hydrogen-bond acceptors (Lipinski definition) is 3. The molecule has 0 aromatic carbocycles. The standard InChI is InChI=1S/C4H8O3.C4H8O2/c1-3(2-5)4(6)7;1-3(2)4(5)6/h3,5H,2H2,1H3,(H,6,7);3H,1-2H3,(H,5,6). The van der Waals surface area contributed by atoms with E-state index in [4.69, 9.17) is 15.3 Å². The summed E-state index contributed by atoms with van der Waals surface area (Å²) >= 11 is 0. The normalized spacial score (nSPS) is 11.5. The zero-order valence-corrected chi connectivity index (χ0v) is 8.02. The highest BCUT2D eigenvalue weighted by molar-refractivity contribution is 5.69. The lowest BCUT2D eigenvalue weighted by Crippen LogP contribution is -2.12. The summed E-state index contributed by atoms with van der Waals surface area (Å²) in [6.07, 6.45) is 0. The maximum absolute atomic E-state index is 9.77. The van der Waals surface area contributed by atoms with E-state index in [1.54, 1.807) is 13.8 Å². The zero-order chi connectivity index (χ0) is 11.0. The summed E-state index contributed by atoms with van der Waals surface area (Å²) in [5.74, 6) is -2.55. The maximum Gasteiger partial charge on any atom is 0.308 e. The fourth-order valence-electron chi connectivity index (χ4n) is 0.0781. The average Bonchev–Trinajstić information content (AvgIpc) is 2.03. The van der Waals surface area contributed by atoms with E-state index in [1.807, 2.05) is 0 Å². The van der Waals surface area contributed by atoms with Gasteiger partial charge < -0.3 is 15.3 Å². The molecule has 0 radical (unpaired) electrons. The second-order valence-electron chi connectivity index (χ2n) is 2.91. The van der Waals surface area contributed by atoms with Crippen LogP contribution >= 0.6 is 0 Å². The first-order valence-electron chi connectivity index (χ1n) is 3.89. The summed E-state index contributed by atoms with van der Waals surface area (Å²) in [5.41, 5.74) is 0. The Labute approximate surface area is 77.0 Å². The van der Waals surface area contributed by atoms with Crippen molar-refractivity contribution in [2.45, 2.75) is 20.8 Å². The Morgan fingerprint density at radius 1 is 1.08 bits per heavy atom. The molecule has 0 heterocycles. The van der Waals surface area contributed by atoms with Crippen LogP contribution in [0.4, 0.5) is 0 Å². The smallest absolute Gasteiger partial charge is 0.308 e. The fourth-order valence-corrected chi connectivity index (χ4v) is 0.0781. The van der Waals surface area contributed by atoms with Crippen molar-refractivity contribution in [2.75, 3.05) is 6.61 Å². The minimum absolute atomic E-state index is 0.231. The van der Waals surface area contributed by atoms with Crippen molar-refractivity contribution in [2.24, 2.45) is 11.8 Å². The highest BCUT2D eigenvalue weighted by Crippen LogP contribution is 1.88. The highest BCUT2D eigenvalue weighted by Gasteiger charge is 2.06. The molecule has 0 rings (SSSR count). The molecule has 0 aromatic rings. The molecular formula is C8H16O5. The van der Waals surface area contributed by atoms with E-state index in [1.165, 1.54) is 6.92 Å². The van der Waals surface area contributed by atoms with Gasteiger partial charge in [-0.2, -0.15) is 0 Å². The lowest BCUT2D eigenvalue weighted by atomic mass is 10.2. The predicted molar refractivity (Wildman–Crippen MR) is 46.4 cm³/mol. The predicted octanol–water partition coefficient (Wildman–Crippen LogP) is 0.426. The molecular weight excluding hydrogens is 176 g/mol. The van der Waals surface area contributed by atoms with Gasteiger partial charge in [-0.25, -0.2) is 0 Å². The quantitative estimate of drug-likeness (QED) is 0.602. The molecule has 0 aromatic heterocycles. The van der Waals surface area contributed by atoms with Crippen molar-refractivity contribution in [1.82, 2.24) is 0 Å². The van der Waals surface area contributed by atoms with Gasteiger partial charge in [-0.3, -0.25) is 9.59 Å². The Hall–Kier alpha value is -1.10. The third-order valence-corrected chi connectivity index (χ3v) is 1.19. The van der Waals surface area contributed by atoms with Crippen LogP contribution in [0.1, 0.15) is 20.8 Å². The van der Waals surface area contributed by atoms with Crippen molar-refractivity contribution >= 4 is 11.9 Å². The molecule has 1 atom stereocenters. The van der Waals surface area contributed by atoms with Crippen molar-refractivity contribution in [1.29, 1.82) is 0 Å². The molecule has 5 heteroatoms. The van der Waals surface area contributed by atoms with E-state index in [0.29, 0.717) is 0 Å². The van der Waals surface area contributed by atoms with Crippen LogP contribution in [0.3, 0.4) is 0 Å². The summed E-state index contributed by atoms with van der Waals surface area (Å²) in [7, 11) is 0. The van der Waals surface area contributed by atoms with Gasteiger partial charge in [0, 0.05) is 0 Å². The van der Waals surface area contributed by atoms with Gasteiger partial charge in [0.1, 0.15) is 0 Å². The summed E-state index contributed by atoms with van der Waals surface area (Å²) in [6, 6.07) is 0. The first-order valence-corrected chi connectivity index (χ1v) is 3.89. The van der Waals surface area contributed by atoms with Gasteiger partial charge in [0.2, 0.25) is 0 Å². The summed E-state index contributed by atoms with van der Waals surface area (Å²) in [5, 5.41) is 24.1. The van der Waals surface area contributed by atoms with Crippen LogP contribution in [0.25, 0.3) is 0 Å². The number of rotatable bonds is 3. The van der Waals surface area contributed by atoms with E-state index in [-0.39, 0.29) is 12.5 Å². The van der Waals surface area contributed by atoms with Gasteiger partial charge in [-0.1, -0.05) is 13.8 Å². The molecule has 0 aliphatic carbocycles. The maximum atomic E-state index is 9.77. The molecule has 0 aliphatic rings. The minimum atomic E-state index is -0.956. The van der Waals surface area contributed by atoms with E-state index in [9.17, 15) is 9.59 Å². The van der Waals surface area contributed by atoms with Crippen LogP contribution in [-0.2, 0) is 9.59 Å². The molecule has 0 bridgehead atoms. The first-order chi connectivity index (χ1) is 5.82. The van der Waals surface area contributed by atoms with Gasteiger partial charge in [0.05, 0.1) is 18.4 Å². The summed E-state index contributed by atoms with van der Waals surface area (Å²) in [6.45, 7) is 4.45. The average molecular weight is 192 g/mol. The molecule has 0 spiro atoms. The highest BCUT2D eigenvalue weighted by atomic mass is 16.4. The van der Waals surface area contributed by atoms with E-state index >= 15 is 0 Å². The number of hydrogen-bond donors (Lipinski definition) is 3. The van der Waals surface area contributed by atoms with Gasteiger partial charge in [-0.15, -0.1) is 0 Å². The Morgan fingerprint density at radius 3 is 1.38 bits per heavy atom. The van der Waals surface area contributed by atoms with Crippen molar-refractivity contribution < 1.29 is 24.9 Å². The second kappa shape index (κ2) is 7.54. The zero-order valence-electron chi connectivity index (χ0n) is 8.02. The molecule has 78 valence electrons. The van der Waals surface area contributed by atoms with E-state index in [2.05, 4.69) is 0 Å². The van der Waals surface area contributed by atoms with Crippen molar-refractivity contribution in [3.05, 3.63) is 0 Å². The van der Waals surface area contributed by atoms with E-state index < -0.39 is 17.9 Å².